The summed E-state index contributed by atoms with van der Waals surface area (Å²) < 4.78 is 0. The minimum absolute atomic E-state index is 0.500. The largest absolute Gasteiger partial charge is 0.384 e. The van der Waals surface area contributed by atoms with Crippen molar-refractivity contribution in [3.8, 4) is 0 Å². The number of imidazole rings is 1. The van der Waals surface area contributed by atoms with Crippen molar-refractivity contribution in [3.63, 3.8) is 0 Å². The third kappa shape index (κ3) is 2.68. The SMILES string of the molecule is Cc1cc(N)nc(SCc2nc3ccccc3[nH]2)n1. The molecule has 0 aliphatic carbocycles. The van der Waals surface area contributed by atoms with Crippen LogP contribution in [0.15, 0.2) is 35.5 Å². The van der Waals surface area contributed by atoms with E-state index < -0.39 is 0 Å². The maximum absolute atomic E-state index is 5.70. The Labute approximate surface area is 114 Å². The first-order chi connectivity index (χ1) is 9.20. The molecule has 0 atom stereocenters. The molecule has 3 aromatic rings. The van der Waals surface area contributed by atoms with Gasteiger partial charge < -0.3 is 10.7 Å². The van der Waals surface area contributed by atoms with E-state index in [0.717, 1.165) is 22.6 Å². The molecule has 0 aliphatic rings. The number of hydrogen-bond acceptors (Lipinski definition) is 5. The van der Waals surface area contributed by atoms with Crippen LogP contribution in [0.4, 0.5) is 5.82 Å². The first kappa shape index (κ1) is 12.0. The summed E-state index contributed by atoms with van der Waals surface area (Å²) in [6, 6.07) is 9.72. The van der Waals surface area contributed by atoms with Gasteiger partial charge in [-0.15, -0.1) is 0 Å². The quantitative estimate of drug-likeness (QED) is 0.565. The number of nitrogens with zero attached hydrogens (tertiary/aromatic N) is 3. The highest BCUT2D eigenvalue weighted by molar-refractivity contribution is 7.98. The molecule has 0 radical (unpaired) electrons. The molecule has 0 unspecified atom stereocenters. The van der Waals surface area contributed by atoms with Crippen LogP contribution in [0, 0.1) is 6.92 Å². The second-order valence-electron chi connectivity index (χ2n) is 4.21. The zero-order chi connectivity index (χ0) is 13.2. The van der Waals surface area contributed by atoms with Crippen LogP contribution in [0.3, 0.4) is 0 Å². The standard InChI is InChI=1S/C13H13N5S/c1-8-6-11(14)18-13(15-8)19-7-12-16-9-4-2-3-5-10(9)17-12/h2-6H,7H2,1H3,(H,16,17)(H2,14,15,18). The highest BCUT2D eigenvalue weighted by atomic mass is 32.2. The maximum Gasteiger partial charge on any atom is 0.190 e. The van der Waals surface area contributed by atoms with Crippen molar-refractivity contribution in [1.29, 1.82) is 0 Å². The van der Waals surface area contributed by atoms with E-state index >= 15 is 0 Å². The first-order valence-electron chi connectivity index (χ1n) is 5.88. The predicted molar refractivity (Wildman–Crippen MR) is 76.8 cm³/mol. The summed E-state index contributed by atoms with van der Waals surface area (Å²) in [5.74, 6) is 2.10. The van der Waals surface area contributed by atoms with Gasteiger partial charge in [-0.25, -0.2) is 15.0 Å². The van der Waals surface area contributed by atoms with E-state index in [1.807, 2.05) is 31.2 Å². The summed E-state index contributed by atoms with van der Waals surface area (Å²) >= 11 is 1.52. The Morgan fingerprint density at radius 2 is 2.05 bits per heavy atom. The second kappa shape index (κ2) is 4.89. The van der Waals surface area contributed by atoms with Crippen LogP contribution < -0.4 is 5.73 Å². The number of nitrogens with two attached hydrogens (primary N) is 1. The molecule has 0 saturated carbocycles. The average Bonchev–Trinajstić information content (AvgIpc) is 2.78. The fourth-order valence-corrected chi connectivity index (χ4v) is 2.62. The van der Waals surface area contributed by atoms with Crippen LogP contribution in [0.25, 0.3) is 11.0 Å². The summed E-state index contributed by atoms with van der Waals surface area (Å²) in [6.07, 6.45) is 0. The summed E-state index contributed by atoms with van der Waals surface area (Å²) in [7, 11) is 0. The van der Waals surface area contributed by atoms with Crippen LogP contribution in [0.5, 0.6) is 0 Å². The highest BCUT2D eigenvalue weighted by Crippen LogP contribution is 2.20. The smallest absolute Gasteiger partial charge is 0.190 e. The number of hydrogen-bond donors (Lipinski definition) is 2. The van der Waals surface area contributed by atoms with Gasteiger partial charge in [-0.3, -0.25) is 0 Å². The lowest BCUT2D eigenvalue weighted by Crippen LogP contribution is -1.97. The molecule has 2 heterocycles. The molecule has 3 rings (SSSR count). The lowest BCUT2D eigenvalue weighted by atomic mass is 10.3. The number of H-pyrrole nitrogens is 1. The zero-order valence-corrected chi connectivity index (χ0v) is 11.2. The Balaban J connectivity index is 1.78. The monoisotopic (exact) mass is 271 g/mol. The van der Waals surface area contributed by atoms with E-state index in [2.05, 4.69) is 19.9 Å². The first-order valence-corrected chi connectivity index (χ1v) is 6.87. The van der Waals surface area contributed by atoms with Crippen LogP contribution in [0.1, 0.15) is 11.5 Å². The molecule has 96 valence electrons. The van der Waals surface area contributed by atoms with Crippen molar-refractivity contribution in [3.05, 3.63) is 41.9 Å². The molecule has 2 aromatic heterocycles. The van der Waals surface area contributed by atoms with Gasteiger partial charge >= 0.3 is 0 Å². The molecule has 0 saturated heterocycles. The number of fused-ring (bicyclic) bond motifs is 1. The Morgan fingerprint density at radius 1 is 1.21 bits per heavy atom. The zero-order valence-electron chi connectivity index (χ0n) is 10.4. The van der Waals surface area contributed by atoms with Gasteiger partial charge in [0.15, 0.2) is 5.16 Å². The third-order valence-corrected chi connectivity index (χ3v) is 3.49. The molecular formula is C13H13N5S. The van der Waals surface area contributed by atoms with Crippen LogP contribution in [-0.2, 0) is 5.75 Å². The highest BCUT2D eigenvalue weighted by Gasteiger charge is 2.05. The van der Waals surface area contributed by atoms with Crippen molar-refractivity contribution < 1.29 is 0 Å². The van der Waals surface area contributed by atoms with E-state index in [1.165, 1.54) is 11.8 Å². The summed E-state index contributed by atoms with van der Waals surface area (Å²) in [4.78, 5) is 16.3. The average molecular weight is 271 g/mol. The lowest BCUT2D eigenvalue weighted by Gasteiger charge is -2.01. The van der Waals surface area contributed by atoms with Gasteiger partial charge in [-0.1, -0.05) is 23.9 Å². The van der Waals surface area contributed by atoms with Crippen LogP contribution >= 0.6 is 11.8 Å². The second-order valence-corrected chi connectivity index (χ2v) is 5.15. The topological polar surface area (TPSA) is 80.5 Å². The third-order valence-electron chi connectivity index (χ3n) is 2.63. The summed E-state index contributed by atoms with van der Waals surface area (Å²) in [5.41, 5.74) is 8.60. The van der Waals surface area contributed by atoms with E-state index in [4.69, 9.17) is 5.73 Å². The number of nitrogen functional groups attached to an aromatic ring is 1. The van der Waals surface area contributed by atoms with Gasteiger partial charge in [0.25, 0.3) is 0 Å². The van der Waals surface area contributed by atoms with Crippen molar-refractivity contribution in [1.82, 2.24) is 19.9 Å². The summed E-state index contributed by atoms with van der Waals surface area (Å²) in [5, 5.41) is 0.679. The number of para-hydroxylation sites is 2. The van der Waals surface area contributed by atoms with Crippen molar-refractivity contribution >= 4 is 28.6 Å². The van der Waals surface area contributed by atoms with Crippen molar-refractivity contribution in [2.45, 2.75) is 17.8 Å². The Morgan fingerprint density at radius 3 is 2.84 bits per heavy atom. The molecule has 0 fully saturated rings. The minimum Gasteiger partial charge on any atom is -0.384 e. The van der Waals surface area contributed by atoms with Gasteiger partial charge in [0.2, 0.25) is 0 Å². The molecule has 19 heavy (non-hydrogen) atoms. The fraction of sp³-hybridized carbons (Fsp3) is 0.154. The molecule has 1 aromatic carbocycles. The van der Waals surface area contributed by atoms with E-state index in [1.54, 1.807) is 6.07 Å². The molecule has 6 heteroatoms. The van der Waals surface area contributed by atoms with Gasteiger partial charge in [0, 0.05) is 11.8 Å². The predicted octanol–water partition coefficient (Wildman–Crippen LogP) is 2.54. The number of aromatic amines is 1. The van der Waals surface area contributed by atoms with Crippen molar-refractivity contribution in [2.24, 2.45) is 0 Å². The van der Waals surface area contributed by atoms with Gasteiger partial charge in [-0.2, -0.15) is 0 Å². The van der Waals surface area contributed by atoms with Crippen LogP contribution in [-0.4, -0.2) is 19.9 Å². The van der Waals surface area contributed by atoms with Gasteiger partial charge in [0.05, 0.1) is 16.8 Å². The van der Waals surface area contributed by atoms with E-state index in [-0.39, 0.29) is 0 Å². The molecule has 0 spiro atoms. The van der Waals surface area contributed by atoms with Crippen LogP contribution in [0.2, 0.25) is 0 Å². The molecule has 3 N–H and O–H groups in total. The molecule has 5 nitrogen and oxygen atoms in total. The van der Waals surface area contributed by atoms with Gasteiger partial charge in [-0.05, 0) is 19.1 Å². The van der Waals surface area contributed by atoms with E-state index in [0.29, 0.717) is 16.7 Å². The Hall–Kier alpha value is -2.08. The number of thioether (sulfide) groups is 1. The molecule has 0 amide bonds. The normalized spacial score (nSPS) is 11.0. The number of nitrogens with one attached hydrogen (secondary N) is 1. The minimum atomic E-state index is 0.500. The van der Waals surface area contributed by atoms with E-state index in [9.17, 15) is 0 Å². The number of aryl methyl sites for hydroxylation is 1. The number of rotatable bonds is 3. The molecule has 0 aliphatic heterocycles. The fourth-order valence-electron chi connectivity index (χ4n) is 1.84. The maximum atomic E-state index is 5.70. The molecular weight excluding hydrogens is 258 g/mol. The lowest BCUT2D eigenvalue weighted by molar-refractivity contribution is 0.938. The molecule has 0 bridgehead atoms. The number of anilines is 1. The van der Waals surface area contributed by atoms with Crippen molar-refractivity contribution in [2.75, 3.05) is 5.73 Å². The number of benzene rings is 1. The number of aromatic nitrogens is 4. The van der Waals surface area contributed by atoms with Gasteiger partial charge in [0.1, 0.15) is 11.6 Å². The Kier molecular flexibility index (Phi) is 3.08. The Bertz CT molecular complexity index is 669. The summed E-state index contributed by atoms with van der Waals surface area (Å²) in [6.45, 7) is 1.91.